The SMILES string of the molecule is CCOC1CC(CC(=O)NCC(OCC)OCC)C1. The minimum Gasteiger partial charge on any atom is -0.378 e. The van der Waals surface area contributed by atoms with Gasteiger partial charge in [-0.15, -0.1) is 0 Å². The fraction of sp³-hybridized carbons (Fsp3) is 0.929. The van der Waals surface area contributed by atoms with Crippen LogP contribution in [0.5, 0.6) is 0 Å². The van der Waals surface area contributed by atoms with Gasteiger partial charge in [0.25, 0.3) is 0 Å². The van der Waals surface area contributed by atoms with Crippen molar-refractivity contribution in [2.45, 2.75) is 52.4 Å². The maximum Gasteiger partial charge on any atom is 0.220 e. The van der Waals surface area contributed by atoms with Crippen molar-refractivity contribution in [2.75, 3.05) is 26.4 Å². The van der Waals surface area contributed by atoms with Crippen molar-refractivity contribution in [3.05, 3.63) is 0 Å². The molecule has 0 unspecified atom stereocenters. The Morgan fingerprint density at radius 2 is 1.79 bits per heavy atom. The van der Waals surface area contributed by atoms with Crippen LogP contribution in [0.25, 0.3) is 0 Å². The van der Waals surface area contributed by atoms with Crippen LogP contribution in [-0.2, 0) is 19.0 Å². The quantitative estimate of drug-likeness (QED) is 0.616. The molecule has 0 aromatic carbocycles. The van der Waals surface area contributed by atoms with Crippen LogP contribution in [0.1, 0.15) is 40.0 Å². The number of amides is 1. The number of carbonyl (C=O) groups is 1. The van der Waals surface area contributed by atoms with E-state index in [0.29, 0.717) is 38.2 Å². The molecule has 1 fully saturated rings. The Hall–Kier alpha value is -0.650. The van der Waals surface area contributed by atoms with Gasteiger partial charge in [0, 0.05) is 26.2 Å². The van der Waals surface area contributed by atoms with Gasteiger partial charge in [-0.2, -0.15) is 0 Å². The summed E-state index contributed by atoms with van der Waals surface area (Å²) in [6, 6.07) is 0. The molecule has 0 heterocycles. The van der Waals surface area contributed by atoms with Crippen molar-refractivity contribution >= 4 is 5.91 Å². The molecule has 0 saturated heterocycles. The number of carbonyl (C=O) groups excluding carboxylic acids is 1. The van der Waals surface area contributed by atoms with Gasteiger partial charge in [0.2, 0.25) is 5.91 Å². The van der Waals surface area contributed by atoms with Crippen LogP contribution < -0.4 is 5.32 Å². The maximum absolute atomic E-state index is 11.8. The van der Waals surface area contributed by atoms with Crippen LogP contribution in [0.3, 0.4) is 0 Å². The van der Waals surface area contributed by atoms with Gasteiger partial charge in [-0.1, -0.05) is 0 Å². The van der Waals surface area contributed by atoms with E-state index in [1.165, 1.54) is 0 Å². The molecule has 1 N–H and O–H groups in total. The molecule has 5 nitrogen and oxygen atoms in total. The molecule has 0 spiro atoms. The van der Waals surface area contributed by atoms with Crippen molar-refractivity contribution < 1.29 is 19.0 Å². The summed E-state index contributed by atoms with van der Waals surface area (Å²) in [4.78, 5) is 11.8. The molecule has 0 aromatic rings. The molecule has 0 atom stereocenters. The molecular weight excluding hydrogens is 246 g/mol. The third-order valence-electron chi connectivity index (χ3n) is 3.24. The Labute approximate surface area is 116 Å². The van der Waals surface area contributed by atoms with Crippen LogP contribution in [0.4, 0.5) is 0 Å². The zero-order chi connectivity index (χ0) is 14.1. The van der Waals surface area contributed by atoms with Crippen LogP contribution in [0, 0.1) is 5.92 Å². The third kappa shape index (κ3) is 6.36. The lowest BCUT2D eigenvalue weighted by Gasteiger charge is -2.34. The summed E-state index contributed by atoms with van der Waals surface area (Å²) in [5.74, 6) is 0.540. The molecule has 5 heteroatoms. The maximum atomic E-state index is 11.8. The molecule has 0 radical (unpaired) electrons. The van der Waals surface area contributed by atoms with Gasteiger partial charge in [0.05, 0.1) is 12.6 Å². The molecule has 0 aromatic heterocycles. The Balaban J connectivity index is 2.10. The second-order valence-electron chi connectivity index (χ2n) is 4.76. The molecule has 1 rings (SSSR count). The molecule has 1 aliphatic rings. The van der Waals surface area contributed by atoms with Gasteiger partial charge in [-0.05, 0) is 39.5 Å². The van der Waals surface area contributed by atoms with Crippen molar-refractivity contribution in [1.82, 2.24) is 5.32 Å². The number of hydrogen-bond acceptors (Lipinski definition) is 4. The van der Waals surface area contributed by atoms with E-state index in [0.717, 1.165) is 19.4 Å². The topological polar surface area (TPSA) is 56.8 Å². The smallest absolute Gasteiger partial charge is 0.220 e. The summed E-state index contributed by atoms with van der Waals surface area (Å²) in [7, 11) is 0. The average molecular weight is 273 g/mol. The van der Waals surface area contributed by atoms with Gasteiger partial charge in [0.1, 0.15) is 0 Å². The third-order valence-corrected chi connectivity index (χ3v) is 3.24. The normalized spacial score (nSPS) is 22.3. The Morgan fingerprint density at radius 3 is 2.32 bits per heavy atom. The highest BCUT2D eigenvalue weighted by Gasteiger charge is 2.31. The fourth-order valence-electron chi connectivity index (χ4n) is 2.28. The van der Waals surface area contributed by atoms with Crippen LogP contribution in [-0.4, -0.2) is 44.7 Å². The first-order valence-electron chi connectivity index (χ1n) is 7.31. The molecule has 0 bridgehead atoms. The zero-order valence-corrected chi connectivity index (χ0v) is 12.3. The first-order chi connectivity index (χ1) is 9.19. The molecule has 1 amide bonds. The fourth-order valence-corrected chi connectivity index (χ4v) is 2.28. The summed E-state index contributed by atoms with van der Waals surface area (Å²) in [6.07, 6.45) is 2.61. The summed E-state index contributed by atoms with van der Waals surface area (Å²) in [6.45, 7) is 8.17. The first-order valence-corrected chi connectivity index (χ1v) is 7.31. The summed E-state index contributed by atoms with van der Waals surface area (Å²) in [5, 5.41) is 2.87. The van der Waals surface area contributed by atoms with E-state index < -0.39 is 0 Å². The minimum absolute atomic E-state index is 0.0735. The Bertz CT molecular complexity index is 248. The first kappa shape index (κ1) is 16.4. The predicted octanol–water partition coefficient (Wildman–Crippen LogP) is 1.71. The molecule has 1 aliphatic carbocycles. The summed E-state index contributed by atoms with van der Waals surface area (Å²) in [5.41, 5.74) is 0. The standard InChI is InChI=1S/C14H27NO4/c1-4-17-12-7-11(8-12)9-13(16)15-10-14(18-5-2)19-6-3/h11-12,14H,4-10H2,1-3H3,(H,15,16). The van der Waals surface area contributed by atoms with Gasteiger partial charge < -0.3 is 19.5 Å². The van der Waals surface area contributed by atoms with Crippen molar-refractivity contribution in [3.8, 4) is 0 Å². The van der Waals surface area contributed by atoms with E-state index >= 15 is 0 Å². The van der Waals surface area contributed by atoms with E-state index in [-0.39, 0.29) is 12.2 Å². The lowest BCUT2D eigenvalue weighted by Crippen LogP contribution is -2.39. The average Bonchev–Trinajstić information content (AvgIpc) is 2.34. The van der Waals surface area contributed by atoms with Crippen molar-refractivity contribution in [3.63, 3.8) is 0 Å². The largest absolute Gasteiger partial charge is 0.378 e. The van der Waals surface area contributed by atoms with E-state index in [1.807, 2.05) is 20.8 Å². The highest BCUT2D eigenvalue weighted by Crippen LogP contribution is 2.32. The van der Waals surface area contributed by atoms with Crippen LogP contribution in [0.15, 0.2) is 0 Å². The number of nitrogens with one attached hydrogen (secondary N) is 1. The number of ether oxygens (including phenoxy) is 3. The molecule has 112 valence electrons. The predicted molar refractivity (Wildman–Crippen MR) is 72.8 cm³/mol. The number of hydrogen-bond donors (Lipinski definition) is 1. The summed E-state index contributed by atoms with van der Waals surface area (Å²) < 4.78 is 16.2. The molecule has 1 saturated carbocycles. The molecule has 0 aliphatic heterocycles. The minimum atomic E-state index is -0.337. The monoisotopic (exact) mass is 273 g/mol. The Morgan fingerprint density at radius 1 is 1.16 bits per heavy atom. The molecular formula is C14H27NO4. The number of rotatable bonds is 10. The summed E-state index contributed by atoms with van der Waals surface area (Å²) >= 11 is 0. The van der Waals surface area contributed by atoms with Gasteiger partial charge in [0.15, 0.2) is 6.29 Å². The second-order valence-corrected chi connectivity index (χ2v) is 4.76. The van der Waals surface area contributed by atoms with Gasteiger partial charge in [-0.3, -0.25) is 4.79 Å². The zero-order valence-electron chi connectivity index (χ0n) is 12.3. The van der Waals surface area contributed by atoms with Crippen molar-refractivity contribution in [1.29, 1.82) is 0 Å². The van der Waals surface area contributed by atoms with E-state index in [4.69, 9.17) is 14.2 Å². The van der Waals surface area contributed by atoms with Gasteiger partial charge in [-0.25, -0.2) is 0 Å². The molecule has 19 heavy (non-hydrogen) atoms. The Kier molecular flexibility index (Phi) is 8.02. The van der Waals surface area contributed by atoms with Gasteiger partial charge >= 0.3 is 0 Å². The highest BCUT2D eigenvalue weighted by atomic mass is 16.7. The van der Waals surface area contributed by atoms with Crippen molar-refractivity contribution in [2.24, 2.45) is 5.92 Å². The van der Waals surface area contributed by atoms with Crippen LogP contribution >= 0.6 is 0 Å². The van der Waals surface area contributed by atoms with E-state index in [2.05, 4.69) is 5.32 Å². The lowest BCUT2D eigenvalue weighted by molar-refractivity contribution is -0.141. The second kappa shape index (κ2) is 9.28. The van der Waals surface area contributed by atoms with E-state index in [9.17, 15) is 4.79 Å². The lowest BCUT2D eigenvalue weighted by atomic mass is 9.80. The van der Waals surface area contributed by atoms with Crippen LogP contribution in [0.2, 0.25) is 0 Å². The van der Waals surface area contributed by atoms with E-state index in [1.54, 1.807) is 0 Å². The highest BCUT2D eigenvalue weighted by molar-refractivity contribution is 5.76.